The van der Waals surface area contributed by atoms with E-state index in [2.05, 4.69) is 4.98 Å². The average molecular weight is 256 g/mol. The Kier molecular flexibility index (Phi) is 4.78. The number of hydrogen-bond donors (Lipinski definition) is 1. The predicted octanol–water partition coefficient (Wildman–Crippen LogP) is 0.506. The first kappa shape index (κ1) is 14.1. The Balaban J connectivity index is 2.70. The summed E-state index contributed by atoms with van der Waals surface area (Å²) in [6, 6.07) is 0. The van der Waals surface area contributed by atoms with Crippen molar-refractivity contribution in [3.05, 3.63) is 22.1 Å². The Morgan fingerprint density at radius 1 is 1.67 bits per heavy atom. The van der Waals surface area contributed by atoms with Gasteiger partial charge in [-0.05, 0) is 11.5 Å². The molecule has 0 amide bonds. The molecule has 100 valence electrons. The molecule has 0 spiro atoms. The molecule has 8 heteroatoms. The molecule has 0 radical (unpaired) electrons. The number of likely N-dealkylation sites (N-methyl/N-ethyl adjacent to an activating group) is 1. The van der Waals surface area contributed by atoms with Gasteiger partial charge in [-0.25, -0.2) is 9.55 Å². The smallest absolute Gasteiger partial charge is 0.342 e. The van der Waals surface area contributed by atoms with Gasteiger partial charge in [-0.1, -0.05) is 6.92 Å². The van der Waals surface area contributed by atoms with Gasteiger partial charge in [0.05, 0.1) is 6.54 Å². The normalized spacial score (nSPS) is 10.8. The van der Waals surface area contributed by atoms with Crippen molar-refractivity contribution in [2.45, 2.75) is 20.4 Å². The van der Waals surface area contributed by atoms with Gasteiger partial charge < -0.3 is 15.2 Å². The fourth-order valence-electron chi connectivity index (χ4n) is 1.66. The molecular weight excluding hydrogens is 240 g/mol. The number of aryl methyl sites for hydroxylation is 1. The highest BCUT2D eigenvalue weighted by atomic mass is 16.6. The Hall–Kier alpha value is -1.96. The lowest BCUT2D eigenvalue weighted by Gasteiger charge is -2.16. The minimum atomic E-state index is -0.909. The standard InChI is InChI=1S/C10H16N4O4/c1-3-12(7-10(15)16)4-5-13-8(2)11-6-9(13)14(17)18/h6H,3-5,7H2,1-2H3,(H,15,16). The molecule has 8 nitrogen and oxygen atoms in total. The van der Waals surface area contributed by atoms with E-state index in [0.29, 0.717) is 25.5 Å². The van der Waals surface area contributed by atoms with Crippen LogP contribution in [0.1, 0.15) is 12.7 Å². The number of aromatic nitrogens is 2. The van der Waals surface area contributed by atoms with E-state index in [0.717, 1.165) is 0 Å². The summed E-state index contributed by atoms with van der Waals surface area (Å²) in [6.07, 6.45) is 1.21. The van der Waals surface area contributed by atoms with Crippen LogP contribution in [0.15, 0.2) is 6.20 Å². The first-order chi connectivity index (χ1) is 8.45. The SMILES string of the molecule is CCN(CCn1c([N+](=O)[O-])cnc1C)CC(=O)O. The lowest BCUT2D eigenvalue weighted by molar-refractivity contribution is -0.392. The van der Waals surface area contributed by atoms with Crippen molar-refractivity contribution in [1.82, 2.24) is 14.5 Å². The topological polar surface area (TPSA) is 102 Å². The second kappa shape index (κ2) is 6.10. The van der Waals surface area contributed by atoms with Crippen LogP contribution in [0.2, 0.25) is 0 Å². The second-order valence-corrected chi connectivity index (χ2v) is 3.83. The molecule has 1 rings (SSSR count). The zero-order chi connectivity index (χ0) is 13.7. The molecule has 1 heterocycles. The van der Waals surface area contributed by atoms with Gasteiger partial charge in [0.15, 0.2) is 5.82 Å². The van der Waals surface area contributed by atoms with Crippen molar-refractivity contribution in [2.24, 2.45) is 0 Å². The quantitative estimate of drug-likeness (QED) is 0.563. The van der Waals surface area contributed by atoms with E-state index in [1.807, 2.05) is 6.92 Å². The van der Waals surface area contributed by atoms with Gasteiger partial charge in [-0.3, -0.25) is 9.69 Å². The summed E-state index contributed by atoms with van der Waals surface area (Å²) in [4.78, 5) is 26.5. The van der Waals surface area contributed by atoms with Gasteiger partial charge in [0.2, 0.25) is 0 Å². The summed E-state index contributed by atoms with van der Waals surface area (Å²) in [5.74, 6) is -0.430. The van der Waals surface area contributed by atoms with Crippen molar-refractivity contribution >= 4 is 11.8 Å². The van der Waals surface area contributed by atoms with Crippen molar-refractivity contribution in [3.63, 3.8) is 0 Å². The average Bonchev–Trinajstić information content (AvgIpc) is 2.65. The van der Waals surface area contributed by atoms with Crippen molar-refractivity contribution < 1.29 is 14.8 Å². The number of carboxylic acids is 1. The van der Waals surface area contributed by atoms with E-state index in [1.54, 1.807) is 11.8 Å². The maximum atomic E-state index is 10.8. The highest BCUT2D eigenvalue weighted by Gasteiger charge is 2.18. The highest BCUT2D eigenvalue weighted by Crippen LogP contribution is 2.13. The van der Waals surface area contributed by atoms with Gasteiger partial charge in [0.25, 0.3) is 0 Å². The third-order valence-electron chi connectivity index (χ3n) is 2.67. The number of rotatable bonds is 7. The van der Waals surface area contributed by atoms with Crippen LogP contribution in [-0.4, -0.2) is 50.1 Å². The van der Waals surface area contributed by atoms with Crippen LogP contribution in [0.5, 0.6) is 0 Å². The Bertz CT molecular complexity index is 443. The van der Waals surface area contributed by atoms with Crippen molar-refractivity contribution in [2.75, 3.05) is 19.6 Å². The van der Waals surface area contributed by atoms with Gasteiger partial charge in [0, 0.05) is 13.5 Å². The maximum Gasteiger partial charge on any atom is 0.342 e. The molecule has 0 saturated heterocycles. The van der Waals surface area contributed by atoms with E-state index in [9.17, 15) is 14.9 Å². The fourth-order valence-corrected chi connectivity index (χ4v) is 1.66. The minimum absolute atomic E-state index is 0.0705. The third kappa shape index (κ3) is 3.52. The van der Waals surface area contributed by atoms with Crippen LogP contribution >= 0.6 is 0 Å². The first-order valence-electron chi connectivity index (χ1n) is 5.56. The molecule has 0 atom stereocenters. The molecule has 1 aromatic rings. The number of nitro groups is 1. The van der Waals surface area contributed by atoms with Gasteiger partial charge >= 0.3 is 11.8 Å². The summed E-state index contributed by atoms with van der Waals surface area (Å²) in [7, 11) is 0. The minimum Gasteiger partial charge on any atom is -0.480 e. The van der Waals surface area contributed by atoms with E-state index in [1.165, 1.54) is 10.8 Å². The number of nitrogens with zero attached hydrogens (tertiary/aromatic N) is 4. The molecule has 0 bridgehead atoms. The summed E-state index contributed by atoms with van der Waals surface area (Å²) in [5.41, 5.74) is 0. The van der Waals surface area contributed by atoms with Crippen LogP contribution in [0, 0.1) is 17.0 Å². The molecule has 1 aromatic heterocycles. The Morgan fingerprint density at radius 3 is 2.83 bits per heavy atom. The zero-order valence-corrected chi connectivity index (χ0v) is 10.4. The van der Waals surface area contributed by atoms with E-state index in [4.69, 9.17) is 5.11 Å². The number of hydrogen-bond acceptors (Lipinski definition) is 5. The molecule has 0 saturated carbocycles. The summed E-state index contributed by atoms with van der Waals surface area (Å²) >= 11 is 0. The molecule has 0 aliphatic carbocycles. The molecule has 0 aromatic carbocycles. The maximum absolute atomic E-state index is 10.8. The number of carbonyl (C=O) groups is 1. The number of imidazole rings is 1. The lowest BCUT2D eigenvalue weighted by Crippen LogP contribution is -2.32. The Labute approximate surface area is 104 Å². The van der Waals surface area contributed by atoms with E-state index < -0.39 is 10.9 Å². The summed E-state index contributed by atoms with van der Waals surface area (Å²) in [6.45, 7) is 4.81. The summed E-state index contributed by atoms with van der Waals surface area (Å²) in [5, 5.41) is 19.5. The molecule has 0 aliphatic heterocycles. The predicted molar refractivity (Wildman–Crippen MR) is 63.4 cm³/mol. The van der Waals surface area contributed by atoms with Crippen LogP contribution in [-0.2, 0) is 11.3 Å². The zero-order valence-electron chi connectivity index (χ0n) is 10.4. The van der Waals surface area contributed by atoms with Crippen LogP contribution in [0.4, 0.5) is 5.82 Å². The van der Waals surface area contributed by atoms with Crippen molar-refractivity contribution in [3.8, 4) is 0 Å². The van der Waals surface area contributed by atoms with Crippen LogP contribution in [0.25, 0.3) is 0 Å². The van der Waals surface area contributed by atoms with Crippen LogP contribution in [0.3, 0.4) is 0 Å². The fraction of sp³-hybridized carbons (Fsp3) is 0.600. The largest absolute Gasteiger partial charge is 0.480 e. The lowest BCUT2D eigenvalue weighted by atomic mass is 10.4. The van der Waals surface area contributed by atoms with E-state index in [-0.39, 0.29) is 12.4 Å². The first-order valence-corrected chi connectivity index (χ1v) is 5.56. The number of carboxylic acid groups (broad SMARTS) is 1. The molecule has 0 unspecified atom stereocenters. The summed E-state index contributed by atoms with van der Waals surface area (Å²) < 4.78 is 1.48. The van der Waals surface area contributed by atoms with Gasteiger partial charge in [-0.15, -0.1) is 0 Å². The van der Waals surface area contributed by atoms with Crippen molar-refractivity contribution in [1.29, 1.82) is 0 Å². The second-order valence-electron chi connectivity index (χ2n) is 3.83. The number of aliphatic carboxylic acids is 1. The molecule has 1 N–H and O–H groups in total. The third-order valence-corrected chi connectivity index (χ3v) is 2.67. The molecule has 18 heavy (non-hydrogen) atoms. The Morgan fingerprint density at radius 2 is 2.33 bits per heavy atom. The van der Waals surface area contributed by atoms with E-state index >= 15 is 0 Å². The molecule has 0 fully saturated rings. The van der Waals surface area contributed by atoms with Crippen LogP contribution < -0.4 is 0 Å². The highest BCUT2D eigenvalue weighted by molar-refractivity contribution is 5.69. The molecular formula is C10H16N4O4. The van der Waals surface area contributed by atoms with Gasteiger partial charge in [0.1, 0.15) is 12.7 Å². The molecule has 0 aliphatic rings. The monoisotopic (exact) mass is 256 g/mol. The van der Waals surface area contributed by atoms with Gasteiger partial charge in [-0.2, -0.15) is 0 Å².